The fourth-order valence-electron chi connectivity index (χ4n) is 4.18. The van der Waals surface area contributed by atoms with Gasteiger partial charge in [-0.05, 0) is 31.2 Å². The summed E-state index contributed by atoms with van der Waals surface area (Å²) in [6, 6.07) is 5.05. The molecule has 1 aromatic carbocycles. The largest absolute Gasteiger partial charge is 0.447 e. The highest BCUT2D eigenvalue weighted by molar-refractivity contribution is 6.76. The summed E-state index contributed by atoms with van der Waals surface area (Å²) in [6.45, 7) is 9.53. The smallest absolute Gasteiger partial charge is 0.255 e. The summed E-state index contributed by atoms with van der Waals surface area (Å²) in [5.74, 6) is -0.296. The number of fused-ring (bicyclic) bond motifs is 2. The predicted molar refractivity (Wildman–Crippen MR) is 144 cm³/mol. The molecule has 0 radical (unpaired) electrons. The standard InChI is InChI=1S/C26H30FN7O3Si/c1-16(26-28-8-9-37-26)30-25(35)19-14-34(15-36-10-11-38(3,4)5)24-23(19)31-20(13-29-24)22-18-7-6-17(27)12-21(18)33(2)32-22/h6-9,12-14,16H,10-11,15H2,1-5H3,(H,30,35)/t16-/m1/s1. The highest BCUT2D eigenvalue weighted by atomic mass is 28.3. The number of ether oxygens (including phenoxy) is 1. The lowest BCUT2D eigenvalue weighted by Crippen LogP contribution is -2.26. The van der Waals surface area contributed by atoms with Gasteiger partial charge in [-0.25, -0.2) is 19.3 Å². The van der Waals surface area contributed by atoms with Crippen LogP contribution in [-0.2, 0) is 18.5 Å². The Labute approximate surface area is 219 Å². The van der Waals surface area contributed by atoms with E-state index in [4.69, 9.17) is 14.1 Å². The van der Waals surface area contributed by atoms with Crippen LogP contribution in [0.3, 0.4) is 0 Å². The third-order valence-electron chi connectivity index (χ3n) is 6.26. The minimum Gasteiger partial charge on any atom is -0.447 e. The van der Waals surface area contributed by atoms with Crippen LogP contribution in [0.4, 0.5) is 4.39 Å². The molecular formula is C26H30FN7O3Si. The number of aryl methyl sites for hydroxylation is 1. The Morgan fingerprint density at radius 1 is 1.26 bits per heavy atom. The summed E-state index contributed by atoms with van der Waals surface area (Å²) in [5, 5.41) is 8.21. The molecule has 4 aromatic heterocycles. The van der Waals surface area contributed by atoms with Crippen LogP contribution < -0.4 is 5.32 Å². The quantitative estimate of drug-likeness (QED) is 0.211. The second-order valence-corrected chi connectivity index (χ2v) is 16.1. The van der Waals surface area contributed by atoms with Gasteiger partial charge in [0.1, 0.15) is 41.8 Å². The maximum Gasteiger partial charge on any atom is 0.255 e. The fraction of sp³-hybridized carbons (Fsp3) is 0.346. The molecule has 0 saturated carbocycles. The number of hydrogen-bond acceptors (Lipinski definition) is 7. The van der Waals surface area contributed by atoms with Crippen LogP contribution >= 0.6 is 0 Å². The molecule has 0 aliphatic heterocycles. The molecule has 38 heavy (non-hydrogen) atoms. The molecule has 10 nitrogen and oxygen atoms in total. The van der Waals surface area contributed by atoms with Gasteiger partial charge in [0.2, 0.25) is 5.89 Å². The van der Waals surface area contributed by atoms with Crippen molar-refractivity contribution in [3.8, 4) is 11.4 Å². The summed E-state index contributed by atoms with van der Waals surface area (Å²) in [4.78, 5) is 27.0. The van der Waals surface area contributed by atoms with E-state index < -0.39 is 14.1 Å². The van der Waals surface area contributed by atoms with Crippen molar-refractivity contribution in [2.75, 3.05) is 6.61 Å². The van der Waals surface area contributed by atoms with Gasteiger partial charge in [-0.3, -0.25) is 9.48 Å². The van der Waals surface area contributed by atoms with E-state index in [9.17, 15) is 9.18 Å². The van der Waals surface area contributed by atoms with E-state index in [0.717, 1.165) is 11.4 Å². The van der Waals surface area contributed by atoms with E-state index in [1.165, 1.54) is 24.6 Å². The van der Waals surface area contributed by atoms with Gasteiger partial charge in [-0.1, -0.05) is 19.6 Å². The Kier molecular flexibility index (Phi) is 6.84. The Morgan fingerprint density at radius 3 is 2.82 bits per heavy atom. The Morgan fingerprint density at radius 2 is 2.08 bits per heavy atom. The number of carbonyl (C=O) groups excluding carboxylic acids is 1. The van der Waals surface area contributed by atoms with E-state index in [1.54, 1.807) is 41.7 Å². The topological polar surface area (TPSA) is 113 Å². The van der Waals surface area contributed by atoms with Gasteiger partial charge in [-0.2, -0.15) is 5.10 Å². The summed E-state index contributed by atoms with van der Waals surface area (Å²) < 4.78 is 28.5. The number of nitrogens with zero attached hydrogens (tertiary/aromatic N) is 6. The van der Waals surface area contributed by atoms with E-state index in [1.807, 2.05) is 0 Å². The predicted octanol–water partition coefficient (Wildman–Crippen LogP) is 4.92. The first-order valence-electron chi connectivity index (χ1n) is 12.4. The molecule has 12 heteroatoms. The number of benzene rings is 1. The van der Waals surface area contributed by atoms with Crippen LogP contribution in [0.2, 0.25) is 25.7 Å². The lowest BCUT2D eigenvalue weighted by atomic mass is 10.1. The van der Waals surface area contributed by atoms with Crippen molar-refractivity contribution in [2.45, 2.75) is 45.4 Å². The van der Waals surface area contributed by atoms with Crippen molar-refractivity contribution in [3.05, 3.63) is 60.3 Å². The molecule has 1 amide bonds. The van der Waals surface area contributed by atoms with Gasteiger partial charge < -0.3 is 19.0 Å². The SMILES string of the molecule is C[C@@H](NC(=O)c1cn(COCC[Si](C)(C)C)c2ncc(-c3nn(C)c4cc(F)ccc34)nc12)c1ncco1. The molecule has 0 aliphatic rings. The maximum atomic E-state index is 13.8. The average molecular weight is 536 g/mol. The third-order valence-corrected chi connectivity index (χ3v) is 7.97. The zero-order chi connectivity index (χ0) is 27.0. The Hall–Kier alpha value is -3.90. The van der Waals surface area contributed by atoms with Crippen LogP contribution in [0.1, 0.15) is 29.2 Å². The third kappa shape index (κ3) is 5.22. The first kappa shape index (κ1) is 25.7. The van der Waals surface area contributed by atoms with E-state index in [0.29, 0.717) is 46.1 Å². The molecule has 198 valence electrons. The molecule has 0 aliphatic carbocycles. The minimum atomic E-state index is -1.25. The van der Waals surface area contributed by atoms with Crippen LogP contribution in [0.15, 0.2) is 47.5 Å². The summed E-state index contributed by atoms with van der Waals surface area (Å²) in [7, 11) is 0.495. The highest BCUT2D eigenvalue weighted by Crippen LogP contribution is 2.29. The second kappa shape index (κ2) is 10.1. The molecule has 5 rings (SSSR count). The van der Waals surface area contributed by atoms with Gasteiger partial charge in [0, 0.05) is 33.3 Å². The number of carbonyl (C=O) groups is 1. The number of amides is 1. The van der Waals surface area contributed by atoms with Crippen molar-refractivity contribution < 1.29 is 18.3 Å². The molecule has 0 unspecified atom stereocenters. The lowest BCUT2D eigenvalue weighted by Gasteiger charge is -2.15. The average Bonchev–Trinajstić information content (AvgIpc) is 3.59. The fourth-order valence-corrected chi connectivity index (χ4v) is 4.93. The van der Waals surface area contributed by atoms with Gasteiger partial charge in [0.25, 0.3) is 5.91 Å². The number of nitrogens with one attached hydrogen (secondary N) is 1. The molecular weight excluding hydrogens is 505 g/mol. The molecule has 5 aromatic rings. The molecule has 4 heterocycles. The maximum absolute atomic E-state index is 13.8. The Bertz CT molecular complexity index is 1600. The number of aromatic nitrogens is 6. The van der Waals surface area contributed by atoms with E-state index in [2.05, 4.69) is 40.0 Å². The van der Waals surface area contributed by atoms with Crippen molar-refractivity contribution in [1.29, 1.82) is 0 Å². The van der Waals surface area contributed by atoms with E-state index in [-0.39, 0.29) is 18.5 Å². The number of rotatable bonds is 9. The summed E-state index contributed by atoms with van der Waals surface area (Å²) >= 11 is 0. The number of oxazole rings is 1. The monoisotopic (exact) mass is 535 g/mol. The molecule has 0 saturated heterocycles. The van der Waals surface area contributed by atoms with Gasteiger partial charge in [0.05, 0.1) is 23.5 Å². The summed E-state index contributed by atoms with van der Waals surface area (Å²) in [5.41, 5.74) is 2.93. The second-order valence-electron chi connectivity index (χ2n) is 10.5. The van der Waals surface area contributed by atoms with Gasteiger partial charge >= 0.3 is 0 Å². The van der Waals surface area contributed by atoms with Gasteiger partial charge in [0.15, 0.2) is 5.65 Å². The van der Waals surface area contributed by atoms with Gasteiger partial charge in [-0.15, -0.1) is 0 Å². The normalized spacial score (nSPS) is 12.9. The first-order valence-corrected chi connectivity index (χ1v) is 16.1. The Balaban J connectivity index is 1.53. The van der Waals surface area contributed by atoms with Crippen LogP contribution in [0, 0.1) is 5.82 Å². The zero-order valence-electron chi connectivity index (χ0n) is 22.0. The lowest BCUT2D eigenvalue weighted by molar-refractivity contribution is 0.0889. The van der Waals surface area contributed by atoms with Crippen LogP contribution in [-0.4, -0.2) is 49.9 Å². The number of hydrogen-bond donors (Lipinski definition) is 1. The highest BCUT2D eigenvalue weighted by Gasteiger charge is 2.23. The number of halogens is 1. The van der Waals surface area contributed by atoms with Crippen LogP contribution in [0.25, 0.3) is 33.5 Å². The zero-order valence-corrected chi connectivity index (χ0v) is 23.0. The van der Waals surface area contributed by atoms with Crippen molar-refractivity contribution in [2.24, 2.45) is 7.05 Å². The van der Waals surface area contributed by atoms with Crippen molar-refractivity contribution >= 4 is 36.0 Å². The first-order chi connectivity index (χ1) is 18.1. The minimum absolute atomic E-state index is 0.239. The molecule has 1 atom stereocenters. The van der Waals surface area contributed by atoms with Crippen molar-refractivity contribution in [3.63, 3.8) is 0 Å². The molecule has 0 spiro atoms. The summed E-state index contributed by atoms with van der Waals surface area (Å²) in [6.07, 6.45) is 6.31. The molecule has 0 fully saturated rings. The van der Waals surface area contributed by atoms with Crippen LogP contribution in [0.5, 0.6) is 0 Å². The van der Waals surface area contributed by atoms with Crippen molar-refractivity contribution in [1.82, 2.24) is 34.6 Å². The van der Waals surface area contributed by atoms with E-state index >= 15 is 0 Å². The molecule has 0 bridgehead atoms. The molecule has 1 N–H and O–H groups in total.